The first kappa shape index (κ1) is 25.0. The molecular formula is C23H22BrClN2O5S. The topological polar surface area (TPSA) is 104 Å². The van der Waals surface area contributed by atoms with Crippen molar-refractivity contribution in [3.63, 3.8) is 0 Å². The summed E-state index contributed by atoms with van der Waals surface area (Å²) in [7, 11) is -2.58. The van der Waals surface area contributed by atoms with Gasteiger partial charge in [-0.05, 0) is 68.8 Å². The number of hydrogen-bond donors (Lipinski definition) is 2. The molecule has 0 bridgehead atoms. The summed E-state index contributed by atoms with van der Waals surface area (Å²) < 4.78 is 26.9. The Morgan fingerprint density at radius 2 is 1.82 bits per heavy atom. The lowest BCUT2D eigenvalue weighted by atomic mass is 9.95. The summed E-state index contributed by atoms with van der Waals surface area (Å²) in [4.78, 5) is 24.5. The molecule has 0 heterocycles. The summed E-state index contributed by atoms with van der Waals surface area (Å²) in [5.41, 5.74) is 1.42. The molecule has 1 atom stereocenters. The fourth-order valence-electron chi connectivity index (χ4n) is 3.37. The molecule has 0 saturated heterocycles. The molecule has 1 aliphatic rings. The summed E-state index contributed by atoms with van der Waals surface area (Å²) in [5, 5.41) is 12.5. The van der Waals surface area contributed by atoms with Gasteiger partial charge in [0, 0.05) is 22.0 Å². The highest BCUT2D eigenvalue weighted by molar-refractivity contribution is 9.10. The Bertz CT molecular complexity index is 1280. The number of carbonyl (C=O) groups is 2. The summed E-state index contributed by atoms with van der Waals surface area (Å²) in [6.45, 7) is 3.50. The number of anilines is 2. The maximum absolute atomic E-state index is 13.3. The molecule has 0 spiro atoms. The maximum Gasteiger partial charge on any atom is 0.337 e. The molecule has 7 nitrogen and oxygen atoms in total. The molecule has 0 saturated carbocycles. The van der Waals surface area contributed by atoms with Crippen molar-refractivity contribution in [1.82, 2.24) is 0 Å². The van der Waals surface area contributed by atoms with Gasteiger partial charge in [0.25, 0.3) is 15.9 Å². The van der Waals surface area contributed by atoms with Crippen LogP contribution in [0.3, 0.4) is 0 Å². The Morgan fingerprint density at radius 3 is 2.42 bits per heavy atom. The number of halogens is 2. The predicted molar refractivity (Wildman–Crippen MR) is 134 cm³/mol. The quantitative estimate of drug-likeness (QED) is 0.483. The van der Waals surface area contributed by atoms with Crippen LogP contribution in [0.15, 0.2) is 65.1 Å². The van der Waals surface area contributed by atoms with Crippen LogP contribution in [0.5, 0.6) is 0 Å². The zero-order chi connectivity index (χ0) is 24.6. The number of alkyl halides is 1. The predicted octanol–water partition coefficient (Wildman–Crippen LogP) is 5.12. The second-order valence-corrected chi connectivity index (χ2v) is 12.1. The van der Waals surface area contributed by atoms with E-state index >= 15 is 0 Å². The second-order valence-electron chi connectivity index (χ2n) is 7.93. The maximum atomic E-state index is 13.3. The van der Waals surface area contributed by atoms with Gasteiger partial charge in [0.05, 0.1) is 21.8 Å². The normalized spacial score (nSPS) is 18.2. The van der Waals surface area contributed by atoms with E-state index in [9.17, 15) is 23.1 Å². The van der Waals surface area contributed by atoms with E-state index in [4.69, 9.17) is 11.6 Å². The van der Waals surface area contributed by atoms with Crippen LogP contribution in [0, 0.1) is 6.92 Å². The Morgan fingerprint density at radius 1 is 1.18 bits per heavy atom. The van der Waals surface area contributed by atoms with Crippen LogP contribution in [0.2, 0.25) is 5.02 Å². The smallest absolute Gasteiger partial charge is 0.337 e. The van der Waals surface area contributed by atoms with Crippen LogP contribution in [0.25, 0.3) is 0 Å². The number of aryl methyl sites for hydroxylation is 1. The SMILES string of the molecule is Cc1ccc(NC(=O)C2=CC(S(=O)(=O)N(C)c3ccc(Cl)cc3)=CC(C)(Br)C2)c(C(=O)O)c1. The zero-order valence-electron chi connectivity index (χ0n) is 18.1. The fourth-order valence-corrected chi connectivity index (χ4v) is 5.62. The summed E-state index contributed by atoms with van der Waals surface area (Å²) >= 11 is 9.39. The number of nitrogens with zero attached hydrogens (tertiary/aromatic N) is 1. The van der Waals surface area contributed by atoms with Crippen molar-refractivity contribution >= 4 is 60.8 Å². The molecule has 2 aromatic carbocycles. The van der Waals surface area contributed by atoms with Crippen molar-refractivity contribution in [2.75, 3.05) is 16.7 Å². The third-order valence-corrected chi connectivity index (χ3v) is 7.61. The van der Waals surface area contributed by atoms with E-state index < -0.39 is 26.2 Å². The number of carbonyl (C=O) groups excluding carboxylic acids is 1. The monoisotopic (exact) mass is 552 g/mol. The highest BCUT2D eigenvalue weighted by atomic mass is 79.9. The van der Waals surface area contributed by atoms with Gasteiger partial charge < -0.3 is 10.4 Å². The van der Waals surface area contributed by atoms with Crippen LogP contribution >= 0.6 is 27.5 Å². The molecule has 1 unspecified atom stereocenters. The number of hydrogen-bond acceptors (Lipinski definition) is 4. The minimum Gasteiger partial charge on any atom is -0.478 e. The Kier molecular flexibility index (Phi) is 7.07. The summed E-state index contributed by atoms with van der Waals surface area (Å²) in [6.07, 6.45) is 3.06. The lowest BCUT2D eigenvalue weighted by Gasteiger charge is -2.28. The third-order valence-electron chi connectivity index (χ3n) is 5.09. The molecule has 0 aromatic heterocycles. The summed E-state index contributed by atoms with van der Waals surface area (Å²) in [5.74, 6) is -1.76. The van der Waals surface area contributed by atoms with Gasteiger partial charge in [-0.3, -0.25) is 9.10 Å². The van der Waals surface area contributed by atoms with Gasteiger partial charge in [0.2, 0.25) is 0 Å². The number of carboxylic acid groups (broad SMARTS) is 1. The first-order valence-corrected chi connectivity index (χ1v) is 12.4. The number of benzene rings is 2. The zero-order valence-corrected chi connectivity index (χ0v) is 21.3. The number of amides is 1. The largest absolute Gasteiger partial charge is 0.478 e. The van der Waals surface area contributed by atoms with Crippen molar-refractivity contribution in [3.05, 3.63) is 81.2 Å². The highest BCUT2D eigenvalue weighted by Crippen LogP contribution is 2.37. The average molecular weight is 554 g/mol. The standard InChI is InChI=1S/C23H22BrClN2O5S/c1-14-4-9-20(19(10-14)22(29)30)26-21(28)15-11-18(13-23(2,24)12-15)33(31,32)27(3)17-7-5-16(25)6-8-17/h4-11,13H,12H2,1-3H3,(H,26,28)(H,29,30). The van der Waals surface area contributed by atoms with Crippen molar-refractivity contribution < 1.29 is 23.1 Å². The lowest BCUT2D eigenvalue weighted by molar-refractivity contribution is -0.113. The van der Waals surface area contributed by atoms with Crippen molar-refractivity contribution in [3.8, 4) is 0 Å². The van der Waals surface area contributed by atoms with Crippen molar-refractivity contribution in [2.24, 2.45) is 0 Å². The molecule has 0 fully saturated rings. The molecule has 2 N–H and O–H groups in total. The molecule has 174 valence electrons. The molecule has 10 heteroatoms. The number of rotatable bonds is 6. The molecule has 1 aliphatic carbocycles. The Balaban J connectivity index is 1.95. The van der Waals surface area contributed by atoms with E-state index in [1.165, 1.54) is 25.3 Å². The average Bonchev–Trinajstić information content (AvgIpc) is 2.73. The fraction of sp³-hybridized carbons (Fsp3) is 0.217. The molecule has 33 heavy (non-hydrogen) atoms. The minimum absolute atomic E-state index is 0.0489. The Labute approximate surface area is 205 Å². The number of allylic oxidation sites excluding steroid dienone is 2. The van der Waals surface area contributed by atoms with Gasteiger partial charge in [-0.25, -0.2) is 13.2 Å². The van der Waals surface area contributed by atoms with Crippen molar-refractivity contribution in [2.45, 2.75) is 24.6 Å². The van der Waals surface area contributed by atoms with Gasteiger partial charge in [-0.2, -0.15) is 0 Å². The van der Waals surface area contributed by atoms with Crippen LogP contribution < -0.4 is 9.62 Å². The third kappa shape index (κ3) is 5.66. The van der Waals surface area contributed by atoms with Gasteiger partial charge in [0.1, 0.15) is 0 Å². The molecule has 3 rings (SSSR count). The van der Waals surface area contributed by atoms with Crippen LogP contribution in [-0.4, -0.2) is 36.8 Å². The second kappa shape index (κ2) is 9.32. The van der Waals surface area contributed by atoms with Gasteiger partial charge in [-0.1, -0.05) is 39.2 Å². The van der Waals surface area contributed by atoms with E-state index in [0.29, 0.717) is 10.7 Å². The molecule has 0 radical (unpaired) electrons. The highest BCUT2D eigenvalue weighted by Gasteiger charge is 2.34. The number of aromatic carboxylic acids is 1. The summed E-state index contributed by atoms with van der Waals surface area (Å²) in [6, 6.07) is 11.0. The Hall–Kier alpha value is -2.62. The molecular weight excluding hydrogens is 532 g/mol. The van der Waals surface area contributed by atoms with E-state index in [-0.39, 0.29) is 28.1 Å². The molecule has 0 aliphatic heterocycles. The van der Waals surface area contributed by atoms with E-state index in [1.54, 1.807) is 50.3 Å². The van der Waals surface area contributed by atoms with Crippen LogP contribution in [0.4, 0.5) is 11.4 Å². The van der Waals surface area contributed by atoms with E-state index in [1.807, 2.05) is 0 Å². The number of nitrogens with one attached hydrogen (secondary N) is 1. The van der Waals surface area contributed by atoms with Gasteiger partial charge >= 0.3 is 5.97 Å². The molecule has 2 aromatic rings. The number of carboxylic acids is 1. The lowest BCUT2D eigenvalue weighted by Crippen LogP contribution is -2.32. The van der Waals surface area contributed by atoms with E-state index in [2.05, 4.69) is 21.2 Å². The van der Waals surface area contributed by atoms with Gasteiger partial charge in [0.15, 0.2) is 0 Å². The minimum atomic E-state index is -3.99. The van der Waals surface area contributed by atoms with Crippen molar-refractivity contribution in [1.29, 1.82) is 0 Å². The first-order chi connectivity index (χ1) is 15.3. The molecule has 1 amide bonds. The number of sulfonamides is 1. The van der Waals surface area contributed by atoms with E-state index in [0.717, 1.165) is 9.87 Å². The van der Waals surface area contributed by atoms with Crippen LogP contribution in [-0.2, 0) is 14.8 Å². The first-order valence-electron chi connectivity index (χ1n) is 9.82. The van der Waals surface area contributed by atoms with Gasteiger partial charge in [-0.15, -0.1) is 0 Å². The van der Waals surface area contributed by atoms with Crippen LogP contribution in [0.1, 0.15) is 29.3 Å².